The van der Waals surface area contributed by atoms with Crippen LogP contribution in [0.5, 0.6) is 11.5 Å². The van der Waals surface area contributed by atoms with Crippen molar-refractivity contribution in [2.75, 3.05) is 5.32 Å². The van der Waals surface area contributed by atoms with Gasteiger partial charge in [0.1, 0.15) is 17.5 Å². The molecule has 1 heterocycles. The van der Waals surface area contributed by atoms with Gasteiger partial charge in [-0.2, -0.15) is 0 Å². The van der Waals surface area contributed by atoms with Gasteiger partial charge >= 0.3 is 5.97 Å². The van der Waals surface area contributed by atoms with E-state index in [0.717, 1.165) is 22.4 Å². The predicted molar refractivity (Wildman–Crippen MR) is 127 cm³/mol. The zero-order chi connectivity index (χ0) is 22.0. The summed E-state index contributed by atoms with van der Waals surface area (Å²) in [7, 11) is 0. The molecule has 0 fully saturated rings. The van der Waals surface area contributed by atoms with Crippen LogP contribution in [0.3, 0.4) is 0 Å². The Kier molecular flexibility index (Phi) is 6.98. The maximum absolute atomic E-state index is 12.3. The molecule has 6 nitrogen and oxygen atoms in total. The summed E-state index contributed by atoms with van der Waals surface area (Å²) < 4.78 is 5.88. The first-order chi connectivity index (χ1) is 14.9. The van der Waals surface area contributed by atoms with Crippen LogP contribution in [-0.2, 0) is 9.59 Å². The van der Waals surface area contributed by atoms with Crippen molar-refractivity contribution < 1.29 is 19.4 Å². The van der Waals surface area contributed by atoms with Crippen LogP contribution in [0, 0.1) is 0 Å². The normalized spacial score (nSPS) is 15.3. The fourth-order valence-electron chi connectivity index (χ4n) is 3.48. The van der Waals surface area contributed by atoms with Gasteiger partial charge in [-0.3, -0.25) is 9.59 Å². The van der Waals surface area contributed by atoms with E-state index in [9.17, 15) is 9.59 Å². The van der Waals surface area contributed by atoms with Crippen LogP contribution in [0.25, 0.3) is 11.6 Å². The number of fused-ring (bicyclic) bond motifs is 1. The lowest BCUT2D eigenvalue weighted by Crippen LogP contribution is -2.35. The lowest BCUT2D eigenvalue weighted by atomic mass is 9.94. The van der Waals surface area contributed by atoms with Gasteiger partial charge in [0.05, 0.1) is 0 Å². The maximum atomic E-state index is 12.3. The summed E-state index contributed by atoms with van der Waals surface area (Å²) in [6.07, 6.45) is 1.85. The molecule has 0 saturated carbocycles. The Morgan fingerprint density at radius 3 is 2.22 bits per heavy atom. The highest BCUT2D eigenvalue weighted by Crippen LogP contribution is 2.33. The molecular formula is C25H23ClN2O4. The van der Waals surface area contributed by atoms with E-state index in [1.165, 1.54) is 0 Å². The molecule has 4 rings (SSSR count). The number of carboxylic acid groups (broad SMARTS) is 1. The van der Waals surface area contributed by atoms with E-state index in [1.54, 1.807) is 19.1 Å². The number of halogens is 1. The molecule has 164 valence electrons. The van der Waals surface area contributed by atoms with Crippen molar-refractivity contribution in [3.05, 3.63) is 89.5 Å². The molecule has 0 radical (unpaired) electrons. The van der Waals surface area contributed by atoms with E-state index in [-0.39, 0.29) is 24.2 Å². The van der Waals surface area contributed by atoms with Crippen LogP contribution in [-0.4, -0.2) is 23.0 Å². The summed E-state index contributed by atoms with van der Waals surface area (Å²) in [6.45, 7) is 1.78. The van der Waals surface area contributed by atoms with Gasteiger partial charge in [0, 0.05) is 22.7 Å². The molecule has 2 atom stereocenters. The molecule has 3 aromatic rings. The number of nitrogens with two attached hydrogens (primary N) is 1. The quantitative estimate of drug-likeness (QED) is 0.463. The number of aliphatic carboxylic acids is 1. The van der Waals surface area contributed by atoms with Gasteiger partial charge < -0.3 is 20.9 Å². The number of hydrogen-bond acceptors (Lipinski definition) is 4. The Hall–Kier alpha value is -3.61. The van der Waals surface area contributed by atoms with Crippen LogP contribution in [0.15, 0.2) is 72.8 Å². The van der Waals surface area contributed by atoms with Gasteiger partial charge in [-0.05, 0) is 47.5 Å². The van der Waals surface area contributed by atoms with Gasteiger partial charge in [-0.15, -0.1) is 12.4 Å². The van der Waals surface area contributed by atoms with Crippen LogP contribution in [0.1, 0.15) is 29.5 Å². The molecular weight excluding hydrogens is 428 g/mol. The standard InChI is InChI=1S/C25H22N2O4.ClH/c1-15(23(26)25(29)30)17-8-12-19(13-9-17)31-18-10-6-16(7-11-18)14-21-20-4-2-3-5-22(20)27-24(21)28;/h2-15,23H,26H2,1H3,(H,27,28)(H,29,30);1H. The molecule has 7 heteroatoms. The minimum atomic E-state index is -1.03. The number of carboxylic acids is 1. The summed E-state index contributed by atoms with van der Waals surface area (Å²) in [4.78, 5) is 23.3. The first-order valence-corrected chi connectivity index (χ1v) is 9.91. The lowest BCUT2D eigenvalue weighted by Gasteiger charge is -2.16. The molecule has 1 aliphatic heterocycles. The molecule has 1 aliphatic rings. The van der Waals surface area contributed by atoms with E-state index in [2.05, 4.69) is 5.32 Å². The third-order valence-corrected chi connectivity index (χ3v) is 5.37. The van der Waals surface area contributed by atoms with Crippen LogP contribution >= 0.6 is 12.4 Å². The third-order valence-electron chi connectivity index (χ3n) is 5.37. The largest absolute Gasteiger partial charge is 0.480 e. The highest BCUT2D eigenvalue weighted by molar-refractivity contribution is 6.34. The Morgan fingerprint density at radius 2 is 1.59 bits per heavy atom. The lowest BCUT2D eigenvalue weighted by molar-refractivity contribution is -0.139. The zero-order valence-electron chi connectivity index (χ0n) is 17.3. The van der Waals surface area contributed by atoms with Crippen molar-refractivity contribution in [1.82, 2.24) is 0 Å². The molecule has 0 spiro atoms. The maximum Gasteiger partial charge on any atom is 0.321 e. The number of hydrogen-bond donors (Lipinski definition) is 3. The Bertz CT molecular complexity index is 1160. The fraction of sp³-hybridized carbons (Fsp3) is 0.120. The SMILES string of the molecule is CC(c1ccc(Oc2ccc(C=C3C(=O)Nc4ccccc43)cc2)cc1)C(N)C(=O)O.Cl. The number of amides is 1. The van der Waals surface area contributed by atoms with E-state index in [1.807, 2.05) is 66.7 Å². The predicted octanol–water partition coefficient (Wildman–Crippen LogP) is 4.91. The van der Waals surface area contributed by atoms with E-state index in [4.69, 9.17) is 15.6 Å². The first-order valence-electron chi connectivity index (χ1n) is 9.91. The first kappa shape index (κ1) is 23.1. The Balaban J connectivity index is 0.00000289. The van der Waals surface area contributed by atoms with Crippen molar-refractivity contribution in [1.29, 1.82) is 0 Å². The van der Waals surface area contributed by atoms with Crippen molar-refractivity contribution in [2.45, 2.75) is 18.9 Å². The second kappa shape index (κ2) is 9.68. The summed E-state index contributed by atoms with van der Waals surface area (Å²) in [5, 5.41) is 11.9. The Labute approximate surface area is 192 Å². The van der Waals surface area contributed by atoms with Gasteiger partial charge in [-0.25, -0.2) is 0 Å². The van der Waals surface area contributed by atoms with E-state index in [0.29, 0.717) is 17.1 Å². The van der Waals surface area contributed by atoms with Crippen molar-refractivity contribution in [2.24, 2.45) is 5.73 Å². The Morgan fingerprint density at radius 1 is 1.00 bits per heavy atom. The zero-order valence-corrected chi connectivity index (χ0v) is 18.1. The molecule has 4 N–H and O–H groups in total. The van der Waals surface area contributed by atoms with Crippen LogP contribution in [0.2, 0.25) is 0 Å². The molecule has 2 unspecified atom stereocenters. The van der Waals surface area contributed by atoms with Crippen molar-refractivity contribution in [3.63, 3.8) is 0 Å². The monoisotopic (exact) mass is 450 g/mol. The minimum absolute atomic E-state index is 0. The van der Waals surface area contributed by atoms with Gasteiger partial charge in [0.15, 0.2) is 0 Å². The summed E-state index contributed by atoms with van der Waals surface area (Å²) in [5.74, 6) is -0.159. The average molecular weight is 451 g/mol. The number of benzene rings is 3. The number of carbonyl (C=O) groups is 2. The molecule has 0 bridgehead atoms. The van der Waals surface area contributed by atoms with Crippen molar-refractivity contribution in [3.8, 4) is 11.5 Å². The second-order valence-corrected chi connectivity index (χ2v) is 7.45. The van der Waals surface area contributed by atoms with E-state index >= 15 is 0 Å². The number of ether oxygens (including phenoxy) is 1. The van der Waals surface area contributed by atoms with Gasteiger partial charge in [-0.1, -0.05) is 49.4 Å². The van der Waals surface area contributed by atoms with Crippen molar-refractivity contribution >= 4 is 41.6 Å². The van der Waals surface area contributed by atoms with Gasteiger partial charge in [0.2, 0.25) is 0 Å². The number of nitrogens with one attached hydrogen (secondary N) is 1. The molecule has 3 aromatic carbocycles. The summed E-state index contributed by atoms with van der Waals surface area (Å²) in [6, 6.07) is 21.3. The van der Waals surface area contributed by atoms with Gasteiger partial charge in [0.25, 0.3) is 5.91 Å². The smallest absolute Gasteiger partial charge is 0.321 e. The molecule has 0 saturated heterocycles. The number of rotatable bonds is 6. The van der Waals surface area contributed by atoms with E-state index < -0.39 is 12.0 Å². The minimum Gasteiger partial charge on any atom is -0.480 e. The number of para-hydroxylation sites is 1. The van der Waals surface area contributed by atoms with Crippen LogP contribution in [0.4, 0.5) is 5.69 Å². The molecule has 0 aromatic heterocycles. The third kappa shape index (κ3) is 4.82. The fourth-order valence-corrected chi connectivity index (χ4v) is 3.48. The summed E-state index contributed by atoms with van der Waals surface area (Å²) >= 11 is 0. The average Bonchev–Trinajstić information content (AvgIpc) is 3.09. The highest BCUT2D eigenvalue weighted by atomic mass is 35.5. The molecule has 1 amide bonds. The molecule has 32 heavy (non-hydrogen) atoms. The number of carbonyl (C=O) groups excluding carboxylic acids is 1. The summed E-state index contributed by atoms with van der Waals surface area (Å²) in [5.41, 5.74) is 9.77. The second-order valence-electron chi connectivity index (χ2n) is 7.45. The van der Waals surface area contributed by atoms with Crippen LogP contribution < -0.4 is 15.8 Å². The highest BCUT2D eigenvalue weighted by Gasteiger charge is 2.23. The molecule has 0 aliphatic carbocycles. The number of anilines is 1. The topological polar surface area (TPSA) is 102 Å².